The second-order valence-corrected chi connectivity index (χ2v) is 9.36. The molecule has 3 heterocycles. The fourth-order valence-corrected chi connectivity index (χ4v) is 5.91. The predicted molar refractivity (Wildman–Crippen MR) is 106 cm³/mol. The van der Waals surface area contributed by atoms with Gasteiger partial charge in [-0.3, -0.25) is 9.89 Å². The standard InChI is InChI=1S/C18H20ClN5O3S/c1-10-8-21-23-15(10)11-3-2-6-24(9-11)28(26,27)17-13-7-12(19)4-5-14(13)22-16(17)18(20)25/h4-5,7-8,11,22H,2-3,6,9H2,1H3,(H2,20,25)(H,21,23). The molecule has 1 fully saturated rings. The average molecular weight is 422 g/mol. The Balaban J connectivity index is 1.80. The number of hydrogen-bond acceptors (Lipinski definition) is 4. The number of aromatic nitrogens is 3. The van der Waals surface area contributed by atoms with Crippen molar-refractivity contribution in [1.29, 1.82) is 0 Å². The molecule has 1 amide bonds. The number of H-pyrrole nitrogens is 2. The third-order valence-corrected chi connectivity index (χ3v) is 7.40. The first-order valence-electron chi connectivity index (χ1n) is 8.90. The van der Waals surface area contributed by atoms with E-state index in [0.29, 0.717) is 35.4 Å². The Bertz CT molecular complexity index is 1170. The van der Waals surface area contributed by atoms with Gasteiger partial charge in [0, 0.05) is 40.6 Å². The van der Waals surface area contributed by atoms with Crippen LogP contribution in [0.3, 0.4) is 0 Å². The van der Waals surface area contributed by atoms with E-state index >= 15 is 0 Å². The lowest BCUT2D eigenvalue weighted by molar-refractivity contribution is 0.0993. The number of aromatic amines is 2. The molecule has 10 heteroatoms. The summed E-state index contributed by atoms with van der Waals surface area (Å²) in [4.78, 5) is 14.7. The number of primary amides is 1. The van der Waals surface area contributed by atoms with Crippen LogP contribution >= 0.6 is 11.6 Å². The van der Waals surface area contributed by atoms with Crippen LogP contribution in [0.15, 0.2) is 29.3 Å². The predicted octanol–water partition coefficient (Wildman–Crippen LogP) is 2.52. The normalized spacial score (nSPS) is 18.6. The maximum absolute atomic E-state index is 13.5. The van der Waals surface area contributed by atoms with Gasteiger partial charge in [-0.2, -0.15) is 9.40 Å². The number of piperidine rings is 1. The van der Waals surface area contributed by atoms with Crippen molar-refractivity contribution in [1.82, 2.24) is 19.5 Å². The van der Waals surface area contributed by atoms with Gasteiger partial charge in [0.2, 0.25) is 10.0 Å². The van der Waals surface area contributed by atoms with Crippen molar-refractivity contribution in [3.63, 3.8) is 0 Å². The molecule has 0 radical (unpaired) electrons. The number of fused-ring (bicyclic) bond motifs is 1. The van der Waals surface area contributed by atoms with Gasteiger partial charge < -0.3 is 10.7 Å². The van der Waals surface area contributed by atoms with E-state index in [1.807, 2.05) is 6.92 Å². The van der Waals surface area contributed by atoms with E-state index in [4.69, 9.17) is 17.3 Å². The first kappa shape index (κ1) is 19.0. The topological polar surface area (TPSA) is 125 Å². The third-order valence-electron chi connectivity index (χ3n) is 5.22. The minimum absolute atomic E-state index is 0.0110. The number of hydrogen-bond donors (Lipinski definition) is 3. The first-order valence-corrected chi connectivity index (χ1v) is 10.7. The summed E-state index contributed by atoms with van der Waals surface area (Å²) in [6.45, 7) is 2.62. The van der Waals surface area contributed by atoms with E-state index in [0.717, 1.165) is 17.7 Å². The number of halogens is 1. The summed E-state index contributed by atoms with van der Waals surface area (Å²) in [5, 5.41) is 7.77. The van der Waals surface area contributed by atoms with Crippen LogP contribution in [0.2, 0.25) is 5.02 Å². The van der Waals surface area contributed by atoms with Crippen molar-refractivity contribution in [2.45, 2.75) is 30.6 Å². The van der Waals surface area contributed by atoms with E-state index < -0.39 is 15.9 Å². The number of amides is 1. The molecule has 1 saturated heterocycles. The van der Waals surface area contributed by atoms with Gasteiger partial charge in [0.25, 0.3) is 5.91 Å². The van der Waals surface area contributed by atoms with Crippen LogP contribution in [-0.4, -0.2) is 46.9 Å². The average Bonchev–Trinajstić information content (AvgIpc) is 3.25. The molecular formula is C18H20ClN5O3S. The smallest absolute Gasteiger partial charge is 0.266 e. The van der Waals surface area contributed by atoms with E-state index in [-0.39, 0.29) is 16.5 Å². The maximum Gasteiger partial charge on any atom is 0.266 e. The van der Waals surface area contributed by atoms with Gasteiger partial charge in [0.15, 0.2) is 0 Å². The summed E-state index contributed by atoms with van der Waals surface area (Å²) in [6, 6.07) is 4.79. The van der Waals surface area contributed by atoms with Crippen LogP contribution in [0.1, 0.15) is 40.5 Å². The molecule has 2 aromatic heterocycles. The molecule has 148 valence electrons. The third kappa shape index (κ3) is 3.09. The molecule has 0 aliphatic carbocycles. The number of sulfonamides is 1. The van der Waals surface area contributed by atoms with Crippen LogP contribution in [-0.2, 0) is 10.0 Å². The molecule has 4 N–H and O–H groups in total. The highest BCUT2D eigenvalue weighted by molar-refractivity contribution is 7.89. The van der Waals surface area contributed by atoms with Gasteiger partial charge >= 0.3 is 0 Å². The Morgan fingerprint density at radius 2 is 2.18 bits per heavy atom. The molecule has 0 spiro atoms. The Morgan fingerprint density at radius 3 is 2.86 bits per heavy atom. The van der Waals surface area contributed by atoms with Gasteiger partial charge in [-0.25, -0.2) is 8.42 Å². The monoisotopic (exact) mass is 421 g/mol. The fourth-order valence-electron chi connectivity index (χ4n) is 3.88. The molecule has 28 heavy (non-hydrogen) atoms. The number of benzene rings is 1. The summed E-state index contributed by atoms with van der Waals surface area (Å²) >= 11 is 6.07. The lowest BCUT2D eigenvalue weighted by atomic mass is 9.94. The zero-order valence-corrected chi connectivity index (χ0v) is 16.8. The second-order valence-electron chi connectivity index (χ2n) is 7.05. The highest BCUT2D eigenvalue weighted by atomic mass is 35.5. The SMILES string of the molecule is Cc1cn[nH]c1C1CCCN(S(=O)(=O)c2c(C(N)=O)[nH]c3ccc(Cl)cc23)C1. The summed E-state index contributed by atoms with van der Waals surface area (Å²) in [6.07, 6.45) is 3.30. The fraction of sp³-hybridized carbons (Fsp3) is 0.333. The zero-order valence-electron chi connectivity index (χ0n) is 15.2. The van der Waals surface area contributed by atoms with Crippen LogP contribution in [0.25, 0.3) is 10.9 Å². The van der Waals surface area contributed by atoms with Crippen molar-refractivity contribution < 1.29 is 13.2 Å². The lowest BCUT2D eigenvalue weighted by Gasteiger charge is -2.31. The summed E-state index contributed by atoms with van der Waals surface area (Å²) in [5.74, 6) is -0.819. The van der Waals surface area contributed by atoms with E-state index in [9.17, 15) is 13.2 Å². The lowest BCUT2D eigenvalue weighted by Crippen LogP contribution is -2.40. The van der Waals surface area contributed by atoms with Crippen molar-refractivity contribution >= 4 is 38.4 Å². The molecule has 1 aliphatic heterocycles. The first-order chi connectivity index (χ1) is 13.3. The van der Waals surface area contributed by atoms with E-state index in [1.165, 1.54) is 10.4 Å². The molecule has 8 nitrogen and oxygen atoms in total. The molecule has 1 aromatic carbocycles. The van der Waals surface area contributed by atoms with Crippen LogP contribution < -0.4 is 5.73 Å². The van der Waals surface area contributed by atoms with Crippen LogP contribution in [0, 0.1) is 6.92 Å². The van der Waals surface area contributed by atoms with E-state index in [1.54, 1.807) is 18.3 Å². The molecule has 3 aromatic rings. The molecule has 4 rings (SSSR count). The van der Waals surface area contributed by atoms with Gasteiger partial charge in [-0.1, -0.05) is 11.6 Å². The van der Waals surface area contributed by atoms with Crippen LogP contribution in [0.5, 0.6) is 0 Å². The van der Waals surface area contributed by atoms with Gasteiger partial charge in [0.1, 0.15) is 10.6 Å². The highest BCUT2D eigenvalue weighted by Gasteiger charge is 2.36. The number of carbonyl (C=O) groups excluding carboxylic acids is 1. The Hall–Kier alpha value is -2.36. The summed E-state index contributed by atoms with van der Waals surface area (Å²) < 4.78 is 28.5. The number of nitrogens with zero attached hydrogens (tertiary/aromatic N) is 2. The van der Waals surface area contributed by atoms with Crippen molar-refractivity contribution in [2.75, 3.05) is 13.1 Å². The molecule has 1 aliphatic rings. The summed E-state index contributed by atoms with van der Waals surface area (Å²) in [5.41, 5.74) is 7.78. The van der Waals surface area contributed by atoms with Crippen LogP contribution in [0.4, 0.5) is 0 Å². The number of aryl methyl sites for hydroxylation is 1. The number of nitrogens with one attached hydrogen (secondary N) is 2. The number of rotatable bonds is 4. The Labute approximate surface area is 167 Å². The summed E-state index contributed by atoms with van der Waals surface area (Å²) in [7, 11) is -3.97. The quantitative estimate of drug-likeness (QED) is 0.598. The molecule has 0 bridgehead atoms. The minimum Gasteiger partial charge on any atom is -0.364 e. The minimum atomic E-state index is -3.97. The van der Waals surface area contributed by atoms with Gasteiger partial charge in [-0.05, 0) is 43.5 Å². The van der Waals surface area contributed by atoms with Crippen molar-refractivity contribution in [3.05, 3.63) is 46.4 Å². The Morgan fingerprint density at radius 1 is 1.39 bits per heavy atom. The second kappa shape index (κ2) is 6.91. The molecular weight excluding hydrogens is 402 g/mol. The Kier molecular flexibility index (Phi) is 4.68. The van der Waals surface area contributed by atoms with E-state index in [2.05, 4.69) is 15.2 Å². The van der Waals surface area contributed by atoms with Crippen molar-refractivity contribution in [3.8, 4) is 0 Å². The highest BCUT2D eigenvalue weighted by Crippen LogP contribution is 2.35. The number of nitrogens with two attached hydrogens (primary N) is 1. The molecule has 1 unspecified atom stereocenters. The number of carbonyl (C=O) groups is 1. The van der Waals surface area contributed by atoms with Gasteiger partial charge in [0.05, 0.1) is 6.20 Å². The molecule has 0 saturated carbocycles. The zero-order chi connectivity index (χ0) is 20.1. The molecule has 1 atom stereocenters. The largest absolute Gasteiger partial charge is 0.364 e. The van der Waals surface area contributed by atoms with Crippen molar-refractivity contribution in [2.24, 2.45) is 5.73 Å². The maximum atomic E-state index is 13.5. The van der Waals surface area contributed by atoms with Gasteiger partial charge in [-0.15, -0.1) is 0 Å².